The number of aliphatic hydroxyl groups is 1. The van der Waals surface area contributed by atoms with Crippen molar-refractivity contribution in [1.82, 2.24) is 5.32 Å². The topological polar surface area (TPSA) is 41.5 Å². The van der Waals surface area contributed by atoms with E-state index in [1.54, 1.807) is 0 Å². The predicted molar refractivity (Wildman–Crippen MR) is 89.0 cm³/mol. The Kier molecular flexibility index (Phi) is 7.76. The summed E-state index contributed by atoms with van der Waals surface area (Å²) in [4.78, 5) is 0. The van der Waals surface area contributed by atoms with Crippen molar-refractivity contribution in [3.8, 4) is 5.75 Å². The highest BCUT2D eigenvalue weighted by Crippen LogP contribution is 2.22. The summed E-state index contributed by atoms with van der Waals surface area (Å²) in [5, 5.41) is 12.9. The average Bonchev–Trinajstić information content (AvgIpc) is 2.53. The van der Waals surface area contributed by atoms with E-state index in [1.807, 2.05) is 19.1 Å². The molecule has 0 radical (unpaired) electrons. The van der Waals surface area contributed by atoms with E-state index in [1.165, 1.54) is 5.56 Å². The lowest BCUT2D eigenvalue weighted by molar-refractivity contribution is 0.144. The molecule has 3 nitrogen and oxygen atoms in total. The molecule has 0 saturated heterocycles. The molecule has 1 aromatic carbocycles. The fourth-order valence-corrected chi connectivity index (χ4v) is 2.17. The van der Waals surface area contributed by atoms with E-state index in [-0.39, 0.29) is 12.1 Å². The van der Waals surface area contributed by atoms with E-state index >= 15 is 0 Å². The number of hydrogen-bond acceptors (Lipinski definition) is 3. The zero-order valence-corrected chi connectivity index (χ0v) is 14.0. The Hall–Kier alpha value is -1.06. The van der Waals surface area contributed by atoms with Crippen molar-refractivity contribution in [3.63, 3.8) is 0 Å². The quantitative estimate of drug-likeness (QED) is 0.691. The molecule has 0 fully saturated rings. The normalized spacial score (nSPS) is 15.5. The van der Waals surface area contributed by atoms with Gasteiger partial charge in [-0.3, -0.25) is 0 Å². The van der Waals surface area contributed by atoms with Gasteiger partial charge < -0.3 is 15.2 Å². The Morgan fingerprint density at radius 2 is 1.90 bits per heavy atom. The van der Waals surface area contributed by atoms with Gasteiger partial charge in [-0.25, -0.2) is 0 Å². The molecule has 0 bridgehead atoms. The molecule has 3 heteroatoms. The lowest BCUT2D eigenvalue weighted by Gasteiger charge is -2.28. The van der Waals surface area contributed by atoms with Crippen molar-refractivity contribution in [3.05, 3.63) is 29.8 Å². The molecule has 1 rings (SSSR count). The summed E-state index contributed by atoms with van der Waals surface area (Å²) in [5.41, 5.74) is 1.10. The SMILES string of the molecule is CCCNC(C)(CO)CCOc1ccc(C(C)CC)cc1. The molecule has 120 valence electrons. The summed E-state index contributed by atoms with van der Waals surface area (Å²) in [6.07, 6.45) is 3.00. The van der Waals surface area contributed by atoms with E-state index in [0.29, 0.717) is 12.5 Å². The Bertz CT molecular complexity index is 391. The third-order valence-electron chi connectivity index (χ3n) is 4.13. The Labute approximate surface area is 129 Å². The molecule has 2 unspecified atom stereocenters. The second-order valence-corrected chi connectivity index (χ2v) is 6.12. The number of aliphatic hydroxyl groups excluding tert-OH is 1. The molecular formula is C18H31NO2. The summed E-state index contributed by atoms with van der Waals surface area (Å²) in [7, 11) is 0. The van der Waals surface area contributed by atoms with Crippen molar-refractivity contribution in [2.24, 2.45) is 0 Å². The van der Waals surface area contributed by atoms with Crippen LogP contribution in [0.15, 0.2) is 24.3 Å². The van der Waals surface area contributed by atoms with Gasteiger partial charge in [-0.2, -0.15) is 0 Å². The molecule has 0 aliphatic rings. The van der Waals surface area contributed by atoms with Crippen LogP contribution in [-0.2, 0) is 0 Å². The summed E-state index contributed by atoms with van der Waals surface area (Å²) >= 11 is 0. The molecule has 0 amide bonds. The van der Waals surface area contributed by atoms with E-state index in [0.717, 1.165) is 31.6 Å². The third-order valence-corrected chi connectivity index (χ3v) is 4.13. The number of hydrogen-bond donors (Lipinski definition) is 2. The van der Waals surface area contributed by atoms with Crippen molar-refractivity contribution < 1.29 is 9.84 Å². The molecule has 2 N–H and O–H groups in total. The summed E-state index contributed by atoms with van der Waals surface area (Å²) in [5.74, 6) is 1.49. The Morgan fingerprint density at radius 3 is 2.43 bits per heavy atom. The first-order valence-electron chi connectivity index (χ1n) is 8.13. The fourth-order valence-electron chi connectivity index (χ4n) is 2.17. The highest BCUT2D eigenvalue weighted by atomic mass is 16.5. The van der Waals surface area contributed by atoms with Crippen LogP contribution in [0.1, 0.15) is 58.4 Å². The molecule has 0 saturated carbocycles. The number of ether oxygens (including phenoxy) is 1. The van der Waals surface area contributed by atoms with Gasteiger partial charge in [0.1, 0.15) is 5.75 Å². The minimum absolute atomic E-state index is 0.128. The molecule has 0 aliphatic heterocycles. The van der Waals surface area contributed by atoms with Crippen LogP contribution in [0.25, 0.3) is 0 Å². The second kappa shape index (κ2) is 9.06. The van der Waals surface area contributed by atoms with Crippen molar-refractivity contribution in [2.45, 2.75) is 58.4 Å². The van der Waals surface area contributed by atoms with Crippen LogP contribution < -0.4 is 10.1 Å². The lowest BCUT2D eigenvalue weighted by Crippen LogP contribution is -2.47. The Morgan fingerprint density at radius 1 is 1.24 bits per heavy atom. The van der Waals surface area contributed by atoms with Gasteiger partial charge in [0.05, 0.1) is 13.2 Å². The van der Waals surface area contributed by atoms with Crippen LogP contribution in [0.2, 0.25) is 0 Å². The van der Waals surface area contributed by atoms with Gasteiger partial charge in [0.15, 0.2) is 0 Å². The number of benzene rings is 1. The summed E-state index contributed by atoms with van der Waals surface area (Å²) < 4.78 is 5.80. The second-order valence-electron chi connectivity index (χ2n) is 6.12. The predicted octanol–water partition coefficient (Wildman–Crippen LogP) is 3.72. The summed E-state index contributed by atoms with van der Waals surface area (Å²) in [6, 6.07) is 8.36. The van der Waals surface area contributed by atoms with Crippen molar-refractivity contribution in [2.75, 3.05) is 19.8 Å². The van der Waals surface area contributed by atoms with Crippen LogP contribution in [0.5, 0.6) is 5.75 Å². The maximum atomic E-state index is 9.52. The Balaban J connectivity index is 2.44. The van der Waals surface area contributed by atoms with Crippen molar-refractivity contribution in [1.29, 1.82) is 0 Å². The van der Waals surface area contributed by atoms with Gasteiger partial charge in [-0.1, -0.05) is 32.9 Å². The zero-order valence-electron chi connectivity index (χ0n) is 14.0. The fraction of sp³-hybridized carbons (Fsp3) is 0.667. The first-order chi connectivity index (χ1) is 10.0. The maximum Gasteiger partial charge on any atom is 0.119 e. The van der Waals surface area contributed by atoms with E-state index in [4.69, 9.17) is 4.74 Å². The standard InChI is InChI=1S/C18H31NO2/c1-5-12-19-18(4,14-20)11-13-21-17-9-7-16(8-10-17)15(3)6-2/h7-10,15,19-20H,5-6,11-14H2,1-4H3. The van der Waals surface area contributed by atoms with Gasteiger partial charge in [0, 0.05) is 12.0 Å². The van der Waals surface area contributed by atoms with Gasteiger partial charge in [0.2, 0.25) is 0 Å². The third kappa shape index (κ3) is 6.06. The minimum Gasteiger partial charge on any atom is -0.494 e. The van der Waals surface area contributed by atoms with Gasteiger partial charge in [0.25, 0.3) is 0 Å². The van der Waals surface area contributed by atoms with Gasteiger partial charge in [-0.15, -0.1) is 0 Å². The molecule has 0 aliphatic carbocycles. The first-order valence-corrected chi connectivity index (χ1v) is 8.13. The average molecular weight is 293 g/mol. The van der Waals surface area contributed by atoms with Crippen LogP contribution >= 0.6 is 0 Å². The molecule has 0 aromatic heterocycles. The molecule has 0 heterocycles. The number of rotatable bonds is 10. The number of nitrogens with one attached hydrogen (secondary N) is 1. The lowest BCUT2D eigenvalue weighted by atomic mass is 9.98. The monoisotopic (exact) mass is 293 g/mol. The van der Waals surface area contributed by atoms with E-state index in [2.05, 4.69) is 38.2 Å². The smallest absolute Gasteiger partial charge is 0.119 e. The zero-order chi connectivity index (χ0) is 15.7. The highest BCUT2D eigenvalue weighted by Gasteiger charge is 2.21. The molecular weight excluding hydrogens is 262 g/mol. The van der Waals surface area contributed by atoms with Crippen LogP contribution in [-0.4, -0.2) is 30.4 Å². The minimum atomic E-state index is -0.257. The maximum absolute atomic E-state index is 9.52. The van der Waals surface area contributed by atoms with Crippen LogP contribution in [0, 0.1) is 0 Å². The van der Waals surface area contributed by atoms with Crippen LogP contribution in [0.3, 0.4) is 0 Å². The van der Waals surface area contributed by atoms with E-state index < -0.39 is 0 Å². The molecule has 0 spiro atoms. The molecule has 21 heavy (non-hydrogen) atoms. The van der Waals surface area contributed by atoms with Crippen molar-refractivity contribution >= 4 is 0 Å². The highest BCUT2D eigenvalue weighted by molar-refractivity contribution is 5.29. The van der Waals surface area contributed by atoms with Gasteiger partial charge >= 0.3 is 0 Å². The first kappa shape index (κ1) is 18.0. The van der Waals surface area contributed by atoms with E-state index in [9.17, 15) is 5.11 Å². The summed E-state index contributed by atoms with van der Waals surface area (Å²) in [6.45, 7) is 10.3. The molecule has 2 atom stereocenters. The largest absolute Gasteiger partial charge is 0.494 e. The molecule has 1 aromatic rings. The van der Waals surface area contributed by atoms with Gasteiger partial charge in [-0.05, 0) is 49.9 Å². The van der Waals surface area contributed by atoms with Crippen LogP contribution in [0.4, 0.5) is 0 Å².